The molecule has 0 aromatic heterocycles. The van der Waals surface area contributed by atoms with Crippen LogP contribution >= 0.6 is 0 Å². The molecule has 0 fully saturated rings. The Morgan fingerprint density at radius 2 is 1.53 bits per heavy atom. The molecule has 2 aromatic carbocycles. The van der Waals surface area contributed by atoms with Crippen LogP contribution < -0.4 is 9.62 Å². The number of amides is 1. The second-order valence-corrected chi connectivity index (χ2v) is 9.75. The highest BCUT2D eigenvalue weighted by molar-refractivity contribution is 7.80. The molecule has 32 heavy (non-hydrogen) atoms. The predicted molar refractivity (Wildman–Crippen MR) is 125 cm³/mol. The van der Waals surface area contributed by atoms with Crippen LogP contribution in [0.2, 0.25) is 0 Å². The fraction of sp³-hybridized carbons (Fsp3) is 0.417. The van der Waals surface area contributed by atoms with Gasteiger partial charge in [0.25, 0.3) is 0 Å². The van der Waals surface area contributed by atoms with Crippen LogP contribution in [0.5, 0.6) is 0 Å². The lowest BCUT2D eigenvalue weighted by Crippen LogP contribution is -2.48. The quantitative estimate of drug-likeness (QED) is 0.476. The third kappa shape index (κ3) is 7.17. The normalized spacial score (nSPS) is 13.4. The smallest absolute Gasteiger partial charge is 0.330 e. The molecule has 2 atom stereocenters. The molecule has 7 nitrogen and oxygen atoms in total. The Morgan fingerprint density at radius 1 is 1.03 bits per heavy atom. The van der Waals surface area contributed by atoms with E-state index in [0.29, 0.717) is 12.2 Å². The summed E-state index contributed by atoms with van der Waals surface area (Å²) in [7, 11) is 0. The predicted octanol–water partition coefficient (Wildman–Crippen LogP) is 3.96. The fourth-order valence-electron chi connectivity index (χ4n) is 3.18. The van der Waals surface area contributed by atoms with Gasteiger partial charge in [-0.2, -0.15) is 0 Å². The summed E-state index contributed by atoms with van der Waals surface area (Å²) in [4.78, 5) is 23.8. The van der Waals surface area contributed by atoms with E-state index in [-0.39, 0.29) is 11.8 Å². The summed E-state index contributed by atoms with van der Waals surface area (Å²) in [6, 6.07) is 13.7. The van der Waals surface area contributed by atoms with E-state index in [1.165, 1.54) is 6.92 Å². The number of nitrogens with zero attached hydrogens (tertiary/aromatic N) is 1. The summed E-state index contributed by atoms with van der Waals surface area (Å²) in [5.74, 6) is -0.967. The van der Waals surface area contributed by atoms with Gasteiger partial charge in [0.2, 0.25) is 5.91 Å². The van der Waals surface area contributed by atoms with Crippen LogP contribution in [0.3, 0.4) is 0 Å². The molecule has 0 saturated heterocycles. The molecule has 2 aromatic rings. The van der Waals surface area contributed by atoms with Gasteiger partial charge in [-0.25, -0.2) is 4.79 Å². The van der Waals surface area contributed by atoms with Gasteiger partial charge in [0.05, 0.1) is 0 Å². The Balaban J connectivity index is 2.28. The van der Waals surface area contributed by atoms with Crippen molar-refractivity contribution in [1.29, 1.82) is 0 Å². The van der Waals surface area contributed by atoms with Gasteiger partial charge < -0.3 is 14.6 Å². The minimum Gasteiger partial charge on any atom is -0.755 e. The molecule has 0 aliphatic heterocycles. The molecule has 2 rings (SSSR count). The van der Waals surface area contributed by atoms with E-state index in [9.17, 15) is 18.4 Å². The van der Waals surface area contributed by atoms with Crippen LogP contribution in [-0.2, 0) is 32.1 Å². The number of nitrogens with one attached hydrogen (secondary N) is 1. The molecular formula is C24H31N2O5S-. The van der Waals surface area contributed by atoms with Crippen molar-refractivity contribution >= 4 is 28.8 Å². The highest BCUT2D eigenvalue weighted by Gasteiger charge is 2.34. The topological polar surface area (TPSA) is 98.8 Å². The first-order valence-corrected chi connectivity index (χ1v) is 11.5. The maximum absolute atomic E-state index is 12.8. The van der Waals surface area contributed by atoms with Gasteiger partial charge in [0, 0.05) is 30.4 Å². The van der Waals surface area contributed by atoms with Gasteiger partial charge in [-0.05, 0) is 55.5 Å². The molecule has 0 aliphatic carbocycles. The van der Waals surface area contributed by atoms with E-state index in [4.69, 9.17) is 4.74 Å². The number of hydrogen-bond donors (Lipinski definition) is 1. The molecule has 0 radical (unpaired) electrons. The van der Waals surface area contributed by atoms with Crippen LogP contribution in [0.25, 0.3) is 11.1 Å². The summed E-state index contributed by atoms with van der Waals surface area (Å²) in [6.07, 6.45) is 0. The summed E-state index contributed by atoms with van der Waals surface area (Å²) < 4.78 is 30.8. The number of ether oxygens (including phenoxy) is 1. The molecule has 1 N–H and O–H groups in total. The van der Waals surface area contributed by atoms with E-state index in [2.05, 4.69) is 5.32 Å². The molecule has 1 amide bonds. The van der Waals surface area contributed by atoms with Gasteiger partial charge in [-0.3, -0.25) is 13.3 Å². The minimum absolute atomic E-state index is 0.0870. The second-order valence-electron chi connectivity index (χ2n) is 8.92. The van der Waals surface area contributed by atoms with Crippen LogP contribution in [0, 0.1) is 5.92 Å². The SMILES string of the molecule is CC(=O)NCc1ccc(-c2ccc(N(C(C(=O)OC(C)(C)C)C(C)C)S(=O)[O-])cc2)cc1. The highest BCUT2D eigenvalue weighted by Crippen LogP contribution is 2.28. The van der Waals surface area contributed by atoms with Crippen molar-refractivity contribution in [2.45, 2.75) is 59.7 Å². The third-order valence-electron chi connectivity index (χ3n) is 4.64. The fourth-order valence-corrected chi connectivity index (χ4v) is 3.99. The zero-order valence-electron chi connectivity index (χ0n) is 19.4. The maximum atomic E-state index is 12.8. The lowest BCUT2D eigenvalue weighted by Gasteiger charge is -2.36. The lowest BCUT2D eigenvalue weighted by atomic mass is 10.0. The molecule has 0 spiro atoms. The number of hydrogen-bond acceptors (Lipinski definition) is 5. The van der Waals surface area contributed by atoms with Crippen molar-refractivity contribution in [3.63, 3.8) is 0 Å². The van der Waals surface area contributed by atoms with Gasteiger partial charge in [-0.15, -0.1) is 0 Å². The molecule has 2 unspecified atom stereocenters. The Labute approximate surface area is 192 Å². The highest BCUT2D eigenvalue weighted by atomic mass is 32.2. The first kappa shape index (κ1) is 25.5. The first-order chi connectivity index (χ1) is 14.9. The summed E-state index contributed by atoms with van der Waals surface area (Å²) in [5, 5.41) is 2.75. The zero-order chi connectivity index (χ0) is 24.1. The Kier molecular flexibility index (Phi) is 8.58. The Bertz CT molecular complexity index is 950. The first-order valence-electron chi connectivity index (χ1n) is 10.4. The minimum atomic E-state index is -2.67. The van der Waals surface area contributed by atoms with E-state index >= 15 is 0 Å². The van der Waals surface area contributed by atoms with E-state index in [1.807, 2.05) is 36.4 Å². The average Bonchev–Trinajstić information content (AvgIpc) is 2.69. The van der Waals surface area contributed by atoms with Crippen LogP contribution in [0.1, 0.15) is 47.1 Å². The summed E-state index contributed by atoms with van der Waals surface area (Å²) in [5.41, 5.74) is 2.48. The van der Waals surface area contributed by atoms with Crippen molar-refractivity contribution in [1.82, 2.24) is 5.32 Å². The largest absolute Gasteiger partial charge is 0.755 e. The van der Waals surface area contributed by atoms with Crippen LogP contribution in [0.4, 0.5) is 5.69 Å². The maximum Gasteiger partial charge on any atom is 0.330 e. The van der Waals surface area contributed by atoms with Gasteiger partial charge in [-0.1, -0.05) is 50.2 Å². The number of anilines is 1. The monoisotopic (exact) mass is 459 g/mol. The molecule has 0 bridgehead atoms. The van der Waals surface area contributed by atoms with Gasteiger partial charge >= 0.3 is 5.97 Å². The van der Waals surface area contributed by atoms with Gasteiger partial charge in [0.1, 0.15) is 11.6 Å². The molecule has 174 valence electrons. The van der Waals surface area contributed by atoms with Crippen LogP contribution in [0.15, 0.2) is 48.5 Å². The summed E-state index contributed by atoms with van der Waals surface area (Å²) >= 11 is -2.67. The van der Waals surface area contributed by atoms with Crippen LogP contribution in [-0.4, -0.2) is 32.3 Å². The van der Waals surface area contributed by atoms with Crippen molar-refractivity contribution < 1.29 is 23.1 Å². The van der Waals surface area contributed by atoms with Crippen molar-refractivity contribution in [3.05, 3.63) is 54.1 Å². The van der Waals surface area contributed by atoms with E-state index in [0.717, 1.165) is 21.0 Å². The molecule has 0 heterocycles. The standard InChI is InChI=1S/C24H32N2O5S/c1-16(2)22(23(28)31-24(4,5)6)26(32(29)30)21-13-11-20(12-14-21)19-9-7-18(8-10-19)15-25-17(3)27/h7-14,16,22H,15H2,1-6H3,(H,25,27)(H,29,30)/p-1. The van der Waals surface area contributed by atoms with Crippen molar-refractivity contribution in [2.24, 2.45) is 5.92 Å². The third-order valence-corrected chi connectivity index (χ3v) is 5.40. The molecule has 8 heteroatoms. The number of benzene rings is 2. The number of carbonyl (C=O) groups excluding carboxylic acids is 2. The van der Waals surface area contributed by atoms with E-state index in [1.54, 1.807) is 46.8 Å². The number of rotatable bonds is 8. The lowest BCUT2D eigenvalue weighted by molar-refractivity contribution is -0.157. The number of carbonyl (C=O) groups is 2. The molecule has 0 aliphatic rings. The molecular weight excluding hydrogens is 428 g/mol. The van der Waals surface area contributed by atoms with E-state index < -0.39 is 28.9 Å². The average molecular weight is 460 g/mol. The second kappa shape index (κ2) is 10.7. The van der Waals surface area contributed by atoms with Crippen molar-refractivity contribution in [3.8, 4) is 11.1 Å². The summed E-state index contributed by atoms with van der Waals surface area (Å²) in [6.45, 7) is 10.7. The Morgan fingerprint density at radius 3 is 1.94 bits per heavy atom. The van der Waals surface area contributed by atoms with Gasteiger partial charge in [0.15, 0.2) is 0 Å². The molecule has 0 saturated carbocycles. The Hall–Kier alpha value is -2.71. The van der Waals surface area contributed by atoms with Crippen molar-refractivity contribution in [2.75, 3.05) is 4.31 Å². The zero-order valence-corrected chi connectivity index (χ0v) is 20.2. The number of esters is 1.